The van der Waals surface area contributed by atoms with E-state index >= 15 is 0 Å². The van der Waals surface area contributed by atoms with E-state index in [1.54, 1.807) is 6.20 Å². The van der Waals surface area contributed by atoms with Gasteiger partial charge in [0, 0.05) is 24.3 Å². The van der Waals surface area contributed by atoms with E-state index in [4.69, 9.17) is 11.6 Å². The Hall–Kier alpha value is -0.600. The summed E-state index contributed by atoms with van der Waals surface area (Å²) in [5.74, 6) is 0. The lowest BCUT2D eigenvalue weighted by Crippen LogP contribution is -2.28. The van der Waals surface area contributed by atoms with E-state index in [2.05, 4.69) is 30.8 Å². The fraction of sp³-hybridized carbons (Fsp3) is 0.583. The van der Waals surface area contributed by atoms with Gasteiger partial charge in [-0.3, -0.25) is 4.90 Å². The van der Waals surface area contributed by atoms with Gasteiger partial charge in [0.05, 0.1) is 0 Å². The van der Waals surface area contributed by atoms with Gasteiger partial charge in [0.25, 0.3) is 0 Å². The number of pyridine rings is 1. The summed E-state index contributed by atoms with van der Waals surface area (Å²) in [7, 11) is 2.13. The maximum atomic E-state index is 6.01. The molecule has 84 valence electrons. The van der Waals surface area contributed by atoms with E-state index in [0.29, 0.717) is 11.2 Å². The van der Waals surface area contributed by atoms with Crippen molar-refractivity contribution in [2.45, 2.75) is 39.3 Å². The molecule has 0 spiro atoms. The number of aromatic nitrogens is 1. The van der Waals surface area contributed by atoms with Crippen LogP contribution in [0.1, 0.15) is 32.3 Å². The summed E-state index contributed by atoms with van der Waals surface area (Å²) in [5, 5.41) is 0.619. The lowest BCUT2D eigenvalue weighted by molar-refractivity contribution is 0.236. The molecule has 0 bridgehead atoms. The molecule has 0 fully saturated rings. The van der Waals surface area contributed by atoms with Gasteiger partial charge in [-0.15, -0.1) is 0 Å². The molecule has 1 atom stereocenters. The van der Waals surface area contributed by atoms with E-state index in [0.717, 1.165) is 12.1 Å². The zero-order valence-electron chi connectivity index (χ0n) is 9.70. The second-order valence-corrected chi connectivity index (χ2v) is 4.36. The van der Waals surface area contributed by atoms with Crippen molar-refractivity contribution in [2.75, 3.05) is 7.05 Å². The molecule has 0 saturated heterocycles. The monoisotopic (exact) mass is 226 g/mol. The van der Waals surface area contributed by atoms with Crippen molar-refractivity contribution in [1.29, 1.82) is 0 Å². The third kappa shape index (κ3) is 3.80. The Morgan fingerprint density at radius 3 is 2.87 bits per heavy atom. The first-order chi connectivity index (χ1) is 7.15. The van der Waals surface area contributed by atoms with Gasteiger partial charge < -0.3 is 0 Å². The molecule has 0 N–H and O–H groups in total. The molecular formula is C12H19ClN2. The largest absolute Gasteiger partial charge is 0.299 e. The van der Waals surface area contributed by atoms with Crippen molar-refractivity contribution in [2.24, 2.45) is 0 Å². The molecule has 0 aliphatic rings. The van der Waals surface area contributed by atoms with Crippen molar-refractivity contribution in [1.82, 2.24) is 9.88 Å². The molecule has 2 nitrogen and oxygen atoms in total. The summed E-state index contributed by atoms with van der Waals surface area (Å²) in [6, 6.07) is 4.55. The van der Waals surface area contributed by atoms with Crippen LogP contribution in [-0.4, -0.2) is 23.0 Å². The van der Waals surface area contributed by atoms with Crippen molar-refractivity contribution in [3.8, 4) is 0 Å². The first-order valence-corrected chi connectivity index (χ1v) is 5.82. The number of nitrogens with zero attached hydrogens (tertiary/aromatic N) is 2. The first-order valence-electron chi connectivity index (χ1n) is 5.44. The summed E-state index contributed by atoms with van der Waals surface area (Å²) >= 11 is 6.01. The second-order valence-electron chi connectivity index (χ2n) is 4.01. The van der Waals surface area contributed by atoms with Crippen LogP contribution in [0.15, 0.2) is 18.3 Å². The molecule has 1 heterocycles. The van der Waals surface area contributed by atoms with Gasteiger partial charge in [0.1, 0.15) is 5.15 Å². The number of halogens is 1. The standard InChI is InChI=1S/C12H19ClN2/c1-4-6-10(2)15(3)9-11-7-5-8-14-12(11)13/h5,7-8,10H,4,6,9H2,1-3H3. The van der Waals surface area contributed by atoms with Gasteiger partial charge in [-0.05, 0) is 26.5 Å². The minimum atomic E-state index is 0.589. The molecule has 0 radical (unpaired) electrons. The Morgan fingerprint density at radius 1 is 1.53 bits per heavy atom. The lowest BCUT2D eigenvalue weighted by Gasteiger charge is -2.24. The highest BCUT2D eigenvalue weighted by Gasteiger charge is 2.10. The van der Waals surface area contributed by atoms with Crippen LogP contribution < -0.4 is 0 Å². The summed E-state index contributed by atoms with van der Waals surface area (Å²) in [6.07, 6.45) is 4.15. The Bertz CT molecular complexity index is 301. The molecule has 3 heteroatoms. The Morgan fingerprint density at radius 2 is 2.27 bits per heavy atom. The van der Waals surface area contributed by atoms with Crippen LogP contribution in [0.4, 0.5) is 0 Å². The average Bonchev–Trinajstić information content (AvgIpc) is 2.21. The van der Waals surface area contributed by atoms with E-state index in [9.17, 15) is 0 Å². The molecule has 0 aromatic carbocycles. The zero-order valence-corrected chi connectivity index (χ0v) is 10.5. The predicted molar refractivity (Wildman–Crippen MR) is 65.1 cm³/mol. The minimum absolute atomic E-state index is 0.589. The maximum absolute atomic E-state index is 6.01. The Balaban J connectivity index is 2.58. The van der Waals surface area contributed by atoms with Gasteiger partial charge in [0.15, 0.2) is 0 Å². The first kappa shape index (κ1) is 12.5. The van der Waals surface area contributed by atoms with Crippen LogP contribution in [0.25, 0.3) is 0 Å². The molecular weight excluding hydrogens is 208 g/mol. The van der Waals surface area contributed by atoms with Crippen LogP contribution in [0.5, 0.6) is 0 Å². The smallest absolute Gasteiger partial charge is 0.133 e. The quantitative estimate of drug-likeness (QED) is 0.716. The average molecular weight is 227 g/mol. The van der Waals surface area contributed by atoms with Crippen molar-refractivity contribution in [3.63, 3.8) is 0 Å². The summed E-state index contributed by atoms with van der Waals surface area (Å²) in [4.78, 5) is 6.39. The van der Waals surface area contributed by atoms with E-state index in [1.807, 2.05) is 12.1 Å². The van der Waals surface area contributed by atoms with E-state index < -0.39 is 0 Å². The van der Waals surface area contributed by atoms with Gasteiger partial charge in [-0.2, -0.15) is 0 Å². The van der Waals surface area contributed by atoms with Crippen LogP contribution in [0, 0.1) is 0 Å². The van der Waals surface area contributed by atoms with Crippen molar-refractivity contribution < 1.29 is 0 Å². The fourth-order valence-corrected chi connectivity index (χ4v) is 1.78. The molecule has 1 rings (SSSR count). The summed E-state index contributed by atoms with van der Waals surface area (Å²) in [5.41, 5.74) is 1.10. The SMILES string of the molecule is CCCC(C)N(C)Cc1cccnc1Cl. The molecule has 0 saturated carbocycles. The van der Waals surface area contributed by atoms with Crippen molar-refractivity contribution in [3.05, 3.63) is 29.0 Å². The third-order valence-corrected chi connectivity index (χ3v) is 3.06. The Labute approximate surface area is 97.3 Å². The van der Waals surface area contributed by atoms with Gasteiger partial charge >= 0.3 is 0 Å². The molecule has 15 heavy (non-hydrogen) atoms. The molecule has 1 unspecified atom stereocenters. The van der Waals surface area contributed by atoms with Crippen molar-refractivity contribution >= 4 is 11.6 Å². The molecule has 0 aliphatic heterocycles. The number of hydrogen-bond donors (Lipinski definition) is 0. The molecule has 0 aliphatic carbocycles. The topological polar surface area (TPSA) is 16.1 Å². The van der Waals surface area contributed by atoms with E-state index in [1.165, 1.54) is 12.8 Å². The van der Waals surface area contributed by atoms with Crippen LogP contribution in [0.2, 0.25) is 5.15 Å². The highest BCUT2D eigenvalue weighted by molar-refractivity contribution is 6.30. The van der Waals surface area contributed by atoms with Crippen LogP contribution in [0.3, 0.4) is 0 Å². The minimum Gasteiger partial charge on any atom is -0.299 e. The summed E-state index contributed by atoms with van der Waals surface area (Å²) < 4.78 is 0. The Kier molecular flexibility index (Phi) is 5.06. The van der Waals surface area contributed by atoms with Crippen LogP contribution >= 0.6 is 11.6 Å². The second kappa shape index (κ2) is 6.09. The highest BCUT2D eigenvalue weighted by atomic mass is 35.5. The highest BCUT2D eigenvalue weighted by Crippen LogP contribution is 2.15. The lowest BCUT2D eigenvalue weighted by atomic mass is 10.1. The van der Waals surface area contributed by atoms with Gasteiger partial charge in [-0.25, -0.2) is 4.98 Å². The normalized spacial score (nSPS) is 13.1. The molecule has 1 aromatic heterocycles. The maximum Gasteiger partial charge on any atom is 0.133 e. The summed E-state index contributed by atoms with van der Waals surface area (Å²) in [6.45, 7) is 5.32. The van der Waals surface area contributed by atoms with Crippen LogP contribution in [-0.2, 0) is 6.54 Å². The zero-order chi connectivity index (χ0) is 11.3. The van der Waals surface area contributed by atoms with Gasteiger partial charge in [0.2, 0.25) is 0 Å². The fourth-order valence-electron chi connectivity index (χ4n) is 1.60. The van der Waals surface area contributed by atoms with E-state index in [-0.39, 0.29) is 0 Å². The predicted octanol–water partition coefficient (Wildman–Crippen LogP) is 3.36. The van der Waals surface area contributed by atoms with Gasteiger partial charge in [-0.1, -0.05) is 31.0 Å². The third-order valence-electron chi connectivity index (χ3n) is 2.71. The number of hydrogen-bond acceptors (Lipinski definition) is 2. The number of rotatable bonds is 5. The molecule has 1 aromatic rings. The molecule has 0 amide bonds.